The molecule has 0 saturated carbocycles. The van der Waals surface area contributed by atoms with Gasteiger partial charge in [0.2, 0.25) is 5.43 Å². The predicted octanol–water partition coefficient (Wildman–Crippen LogP) is 1.83. The highest BCUT2D eigenvalue weighted by atomic mass is 19.1. The van der Waals surface area contributed by atoms with Crippen molar-refractivity contribution in [3.05, 3.63) is 63.1 Å². The van der Waals surface area contributed by atoms with E-state index in [1.165, 1.54) is 0 Å². The van der Waals surface area contributed by atoms with Gasteiger partial charge in [-0.1, -0.05) is 6.07 Å². The molecule has 1 aromatic heterocycles. The van der Waals surface area contributed by atoms with Gasteiger partial charge in [0.25, 0.3) is 5.91 Å². The minimum absolute atomic E-state index is 0.00569. The van der Waals surface area contributed by atoms with Crippen molar-refractivity contribution in [1.82, 2.24) is 9.88 Å². The Labute approximate surface area is 170 Å². The summed E-state index contributed by atoms with van der Waals surface area (Å²) in [6.45, 7) is 2.50. The summed E-state index contributed by atoms with van der Waals surface area (Å²) in [5.74, 6) is -3.84. The molecule has 0 radical (unpaired) electrons. The highest BCUT2D eigenvalue weighted by molar-refractivity contribution is 5.97. The maximum Gasteiger partial charge on any atom is 0.359 e. The molecule has 10 heteroatoms. The maximum atomic E-state index is 13.8. The lowest BCUT2D eigenvalue weighted by Crippen LogP contribution is -2.32. The second-order valence-corrected chi connectivity index (χ2v) is 5.94. The second kappa shape index (κ2) is 10.3. The SMILES string of the molecule is CCOC(=O)c1c(OCC)c(=O)c(C(=O)NCc2ccc(F)cc2F)cn1CC=O. The topological polar surface area (TPSA) is 104 Å². The van der Waals surface area contributed by atoms with E-state index in [2.05, 4.69) is 5.32 Å². The number of carbonyl (C=O) groups excluding carboxylic acids is 3. The van der Waals surface area contributed by atoms with Crippen LogP contribution < -0.4 is 15.5 Å². The smallest absolute Gasteiger partial charge is 0.359 e. The van der Waals surface area contributed by atoms with Gasteiger partial charge in [-0.05, 0) is 19.9 Å². The summed E-state index contributed by atoms with van der Waals surface area (Å²) in [5.41, 5.74) is -1.60. The minimum Gasteiger partial charge on any atom is -0.488 e. The Kier molecular flexibility index (Phi) is 7.79. The van der Waals surface area contributed by atoms with E-state index in [1.807, 2.05) is 0 Å². The lowest BCUT2D eigenvalue weighted by atomic mass is 10.1. The van der Waals surface area contributed by atoms with E-state index in [4.69, 9.17) is 9.47 Å². The molecule has 8 nitrogen and oxygen atoms in total. The molecule has 2 rings (SSSR count). The van der Waals surface area contributed by atoms with Crippen LogP contribution in [0.25, 0.3) is 0 Å². The van der Waals surface area contributed by atoms with Gasteiger partial charge in [0.05, 0.1) is 19.8 Å². The van der Waals surface area contributed by atoms with Crippen LogP contribution in [0.1, 0.15) is 40.3 Å². The first-order valence-electron chi connectivity index (χ1n) is 9.07. The molecule has 0 aliphatic carbocycles. The number of halogens is 2. The Morgan fingerprint density at radius 3 is 2.53 bits per heavy atom. The quantitative estimate of drug-likeness (QED) is 0.489. The van der Waals surface area contributed by atoms with E-state index < -0.39 is 40.3 Å². The first kappa shape index (κ1) is 22.7. The number of amides is 1. The van der Waals surface area contributed by atoms with Crippen LogP contribution in [-0.4, -0.2) is 35.9 Å². The van der Waals surface area contributed by atoms with Crippen LogP contribution >= 0.6 is 0 Å². The molecule has 1 heterocycles. The number of rotatable bonds is 9. The summed E-state index contributed by atoms with van der Waals surface area (Å²) in [4.78, 5) is 48.7. The van der Waals surface area contributed by atoms with Crippen LogP contribution in [-0.2, 0) is 22.6 Å². The van der Waals surface area contributed by atoms with Crippen molar-refractivity contribution >= 4 is 18.2 Å². The Balaban J connectivity index is 2.45. The Bertz CT molecular complexity index is 1020. The monoisotopic (exact) mass is 422 g/mol. The van der Waals surface area contributed by atoms with Crippen molar-refractivity contribution < 1.29 is 32.6 Å². The summed E-state index contributed by atoms with van der Waals surface area (Å²) in [5, 5.41) is 2.35. The first-order chi connectivity index (χ1) is 14.3. The van der Waals surface area contributed by atoms with Crippen LogP contribution in [0.2, 0.25) is 0 Å². The van der Waals surface area contributed by atoms with Crippen molar-refractivity contribution in [3.63, 3.8) is 0 Å². The molecule has 0 aliphatic rings. The van der Waals surface area contributed by atoms with Gasteiger partial charge in [0, 0.05) is 24.4 Å². The van der Waals surface area contributed by atoms with Gasteiger partial charge in [-0.15, -0.1) is 0 Å². The summed E-state index contributed by atoms with van der Waals surface area (Å²) in [6.07, 6.45) is 1.50. The van der Waals surface area contributed by atoms with Gasteiger partial charge in [0.1, 0.15) is 23.5 Å². The second-order valence-electron chi connectivity index (χ2n) is 5.94. The highest BCUT2D eigenvalue weighted by Gasteiger charge is 2.26. The van der Waals surface area contributed by atoms with E-state index in [-0.39, 0.29) is 37.6 Å². The molecule has 0 aliphatic heterocycles. The van der Waals surface area contributed by atoms with Crippen LogP contribution in [0.4, 0.5) is 8.78 Å². The normalized spacial score (nSPS) is 10.4. The van der Waals surface area contributed by atoms with E-state index >= 15 is 0 Å². The molecule has 0 fully saturated rings. The van der Waals surface area contributed by atoms with Crippen molar-refractivity contribution in [1.29, 1.82) is 0 Å². The zero-order chi connectivity index (χ0) is 22.3. The third kappa shape index (κ3) is 5.07. The molecule has 0 bridgehead atoms. The van der Waals surface area contributed by atoms with E-state index in [0.29, 0.717) is 12.4 Å². The van der Waals surface area contributed by atoms with Crippen molar-refractivity contribution in [2.24, 2.45) is 0 Å². The number of carbonyl (C=O) groups is 3. The van der Waals surface area contributed by atoms with Crippen molar-refractivity contribution in [2.75, 3.05) is 13.2 Å². The number of nitrogens with one attached hydrogen (secondary N) is 1. The highest BCUT2D eigenvalue weighted by Crippen LogP contribution is 2.17. The predicted molar refractivity (Wildman–Crippen MR) is 101 cm³/mol. The largest absolute Gasteiger partial charge is 0.488 e. The third-order valence-electron chi connectivity index (χ3n) is 3.97. The Hall–Kier alpha value is -3.56. The average molecular weight is 422 g/mol. The maximum absolute atomic E-state index is 13.8. The number of ether oxygens (including phenoxy) is 2. The molecule has 0 atom stereocenters. The molecule has 160 valence electrons. The molecular weight excluding hydrogens is 402 g/mol. The zero-order valence-corrected chi connectivity index (χ0v) is 16.4. The van der Waals surface area contributed by atoms with Gasteiger partial charge < -0.3 is 24.2 Å². The average Bonchev–Trinajstić information content (AvgIpc) is 2.69. The number of benzene rings is 1. The number of aldehydes is 1. The van der Waals surface area contributed by atoms with Crippen LogP contribution in [0, 0.1) is 11.6 Å². The fourth-order valence-electron chi connectivity index (χ4n) is 2.65. The number of esters is 1. The molecule has 1 amide bonds. The van der Waals surface area contributed by atoms with Gasteiger partial charge in [-0.25, -0.2) is 13.6 Å². The molecular formula is C20H20F2N2O6. The Morgan fingerprint density at radius 1 is 1.20 bits per heavy atom. The summed E-state index contributed by atoms with van der Waals surface area (Å²) in [6, 6.07) is 2.86. The molecule has 30 heavy (non-hydrogen) atoms. The van der Waals surface area contributed by atoms with E-state index in [1.54, 1.807) is 13.8 Å². The lowest BCUT2D eigenvalue weighted by molar-refractivity contribution is -0.108. The number of pyridine rings is 1. The van der Waals surface area contributed by atoms with Crippen LogP contribution in [0.15, 0.2) is 29.2 Å². The van der Waals surface area contributed by atoms with Crippen molar-refractivity contribution in [3.8, 4) is 5.75 Å². The molecule has 0 unspecified atom stereocenters. The van der Waals surface area contributed by atoms with Gasteiger partial charge in [-0.2, -0.15) is 0 Å². The number of nitrogens with zero attached hydrogens (tertiary/aromatic N) is 1. The number of hydrogen-bond donors (Lipinski definition) is 1. The molecule has 0 spiro atoms. The Morgan fingerprint density at radius 2 is 1.93 bits per heavy atom. The summed E-state index contributed by atoms with van der Waals surface area (Å²) < 4.78 is 38.0. The summed E-state index contributed by atoms with van der Waals surface area (Å²) in [7, 11) is 0. The zero-order valence-electron chi connectivity index (χ0n) is 16.4. The fourth-order valence-corrected chi connectivity index (χ4v) is 2.65. The first-order valence-corrected chi connectivity index (χ1v) is 9.07. The molecule has 2 aromatic rings. The van der Waals surface area contributed by atoms with Gasteiger partial charge in [0.15, 0.2) is 11.4 Å². The van der Waals surface area contributed by atoms with Gasteiger partial charge in [-0.3, -0.25) is 9.59 Å². The van der Waals surface area contributed by atoms with E-state index in [9.17, 15) is 28.0 Å². The van der Waals surface area contributed by atoms with Crippen LogP contribution in [0.5, 0.6) is 5.75 Å². The molecule has 0 saturated heterocycles. The lowest BCUT2D eigenvalue weighted by Gasteiger charge is -2.16. The van der Waals surface area contributed by atoms with Crippen LogP contribution in [0.3, 0.4) is 0 Å². The number of aromatic nitrogens is 1. The summed E-state index contributed by atoms with van der Waals surface area (Å²) >= 11 is 0. The third-order valence-corrected chi connectivity index (χ3v) is 3.97. The van der Waals surface area contributed by atoms with E-state index in [0.717, 1.165) is 22.9 Å². The standard InChI is InChI=1S/C20H20F2N2O6/c1-3-29-18-16(20(28)30-4-2)24(7-8-25)11-14(17(18)26)19(27)23-10-12-5-6-13(21)9-15(12)22/h5-6,8-9,11H,3-4,7,10H2,1-2H3,(H,23,27). The van der Waals surface area contributed by atoms with Crippen molar-refractivity contribution in [2.45, 2.75) is 26.9 Å². The number of hydrogen-bond acceptors (Lipinski definition) is 6. The van der Waals surface area contributed by atoms with Gasteiger partial charge >= 0.3 is 5.97 Å². The fraction of sp³-hybridized carbons (Fsp3) is 0.300. The minimum atomic E-state index is -0.890. The molecule has 1 aromatic carbocycles. The molecule has 1 N–H and O–H groups in total.